The van der Waals surface area contributed by atoms with E-state index in [0.717, 1.165) is 4.90 Å². The van der Waals surface area contributed by atoms with E-state index in [0.29, 0.717) is 0 Å². The van der Waals surface area contributed by atoms with E-state index in [2.05, 4.69) is 0 Å². The molecule has 0 spiro atoms. The van der Waals surface area contributed by atoms with E-state index in [-0.39, 0.29) is 13.0 Å². The van der Waals surface area contributed by atoms with Gasteiger partial charge in [-0.15, -0.1) is 0 Å². The first kappa shape index (κ1) is 10.7. The molecule has 1 fully saturated rings. The summed E-state index contributed by atoms with van der Waals surface area (Å²) >= 11 is 0. The van der Waals surface area contributed by atoms with Gasteiger partial charge in [0.15, 0.2) is 0 Å². The van der Waals surface area contributed by atoms with Gasteiger partial charge in [-0.05, 0) is 20.8 Å². The van der Waals surface area contributed by atoms with Crippen molar-refractivity contribution >= 4 is 17.8 Å². The van der Waals surface area contributed by atoms with Crippen molar-refractivity contribution < 1.29 is 19.1 Å². The van der Waals surface area contributed by atoms with Gasteiger partial charge < -0.3 is 4.74 Å². The SMILES string of the molecule is CC(C)(C)OC(=O)N1CCC(=O)C1=O. The highest BCUT2D eigenvalue weighted by Gasteiger charge is 2.36. The molecule has 0 aromatic heterocycles. The van der Waals surface area contributed by atoms with Crippen molar-refractivity contribution in [2.45, 2.75) is 32.8 Å². The van der Waals surface area contributed by atoms with Crippen LogP contribution in [-0.4, -0.2) is 34.8 Å². The van der Waals surface area contributed by atoms with Crippen LogP contribution in [0.5, 0.6) is 0 Å². The van der Waals surface area contributed by atoms with E-state index >= 15 is 0 Å². The number of Topliss-reactive ketones (excluding diaryl/α,β-unsaturated/α-hetero) is 1. The lowest BCUT2D eigenvalue weighted by Gasteiger charge is -2.22. The Hall–Kier alpha value is -1.39. The van der Waals surface area contributed by atoms with Crippen LogP contribution in [-0.2, 0) is 14.3 Å². The second-order valence-electron chi connectivity index (χ2n) is 4.11. The molecule has 1 aliphatic rings. The van der Waals surface area contributed by atoms with Crippen molar-refractivity contribution in [2.75, 3.05) is 6.54 Å². The smallest absolute Gasteiger partial charge is 0.417 e. The third-order valence-corrected chi connectivity index (χ3v) is 1.66. The normalized spacial score (nSPS) is 17.5. The first-order chi connectivity index (χ1) is 6.31. The lowest BCUT2D eigenvalue weighted by molar-refractivity contribution is -0.139. The average molecular weight is 199 g/mol. The Morgan fingerprint density at radius 3 is 2.29 bits per heavy atom. The van der Waals surface area contributed by atoms with Gasteiger partial charge in [-0.1, -0.05) is 0 Å². The highest BCUT2D eigenvalue weighted by Crippen LogP contribution is 2.13. The van der Waals surface area contributed by atoms with Gasteiger partial charge in [0.05, 0.1) is 0 Å². The first-order valence-corrected chi connectivity index (χ1v) is 4.39. The van der Waals surface area contributed by atoms with E-state index in [4.69, 9.17) is 4.74 Å². The lowest BCUT2D eigenvalue weighted by atomic mass is 10.2. The van der Waals surface area contributed by atoms with Crippen LogP contribution in [0, 0.1) is 0 Å². The summed E-state index contributed by atoms with van der Waals surface area (Å²) in [6.07, 6.45) is -0.647. The number of hydrogen-bond acceptors (Lipinski definition) is 4. The van der Waals surface area contributed by atoms with Crippen LogP contribution < -0.4 is 0 Å². The molecule has 0 unspecified atom stereocenters. The Labute approximate surface area is 82.0 Å². The predicted molar refractivity (Wildman–Crippen MR) is 47.6 cm³/mol. The van der Waals surface area contributed by atoms with Crippen LogP contribution in [0.3, 0.4) is 0 Å². The third kappa shape index (κ3) is 2.31. The minimum Gasteiger partial charge on any atom is -0.443 e. The topological polar surface area (TPSA) is 63.7 Å². The van der Waals surface area contributed by atoms with Crippen LogP contribution in [0.2, 0.25) is 0 Å². The molecule has 1 saturated heterocycles. The number of ether oxygens (including phenoxy) is 1. The molecule has 0 atom stereocenters. The number of amides is 2. The van der Waals surface area contributed by atoms with E-state index in [9.17, 15) is 14.4 Å². The maximum Gasteiger partial charge on any atom is 0.417 e. The Morgan fingerprint density at radius 1 is 1.36 bits per heavy atom. The van der Waals surface area contributed by atoms with Gasteiger partial charge in [-0.25, -0.2) is 9.69 Å². The highest BCUT2D eigenvalue weighted by atomic mass is 16.6. The molecule has 5 nitrogen and oxygen atoms in total. The van der Waals surface area contributed by atoms with Gasteiger partial charge >= 0.3 is 6.09 Å². The molecule has 1 aliphatic heterocycles. The minimum atomic E-state index is -0.765. The van der Waals surface area contributed by atoms with Crippen LogP contribution in [0.15, 0.2) is 0 Å². The molecule has 2 amide bonds. The number of hydrogen-bond donors (Lipinski definition) is 0. The summed E-state index contributed by atoms with van der Waals surface area (Å²) in [4.78, 5) is 34.2. The van der Waals surface area contributed by atoms with Crippen molar-refractivity contribution in [3.63, 3.8) is 0 Å². The second-order valence-corrected chi connectivity index (χ2v) is 4.11. The third-order valence-electron chi connectivity index (χ3n) is 1.66. The van der Waals surface area contributed by atoms with Gasteiger partial charge in [0.2, 0.25) is 5.78 Å². The molecule has 78 valence electrons. The molecular formula is C9H13NO4. The molecule has 0 radical (unpaired) electrons. The highest BCUT2D eigenvalue weighted by molar-refractivity contribution is 6.40. The van der Waals surface area contributed by atoms with Crippen LogP contribution in [0.1, 0.15) is 27.2 Å². The van der Waals surface area contributed by atoms with E-state index in [1.807, 2.05) is 0 Å². The summed E-state index contributed by atoms with van der Waals surface area (Å²) in [5.74, 6) is -1.30. The number of carbonyl (C=O) groups is 3. The molecule has 0 bridgehead atoms. The molecule has 14 heavy (non-hydrogen) atoms. The van der Waals surface area contributed by atoms with E-state index in [1.54, 1.807) is 20.8 Å². The molecule has 5 heteroatoms. The van der Waals surface area contributed by atoms with E-state index in [1.165, 1.54) is 0 Å². The number of imide groups is 1. The number of likely N-dealkylation sites (tertiary alicyclic amines) is 1. The maximum atomic E-state index is 11.3. The van der Waals surface area contributed by atoms with E-state index < -0.39 is 23.4 Å². The number of carbonyl (C=O) groups excluding carboxylic acids is 3. The maximum absolute atomic E-state index is 11.3. The summed E-state index contributed by atoms with van der Waals surface area (Å²) < 4.78 is 4.95. The number of nitrogens with zero attached hydrogens (tertiary/aromatic N) is 1. The van der Waals surface area contributed by atoms with Crippen molar-refractivity contribution in [3.8, 4) is 0 Å². The molecule has 1 heterocycles. The molecule has 0 aromatic rings. The zero-order valence-electron chi connectivity index (χ0n) is 8.49. The van der Waals surface area contributed by atoms with Crippen molar-refractivity contribution in [1.29, 1.82) is 0 Å². The van der Waals surface area contributed by atoms with Gasteiger partial charge in [0, 0.05) is 13.0 Å². The van der Waals surface area contributed by atoms with Crippen molar-refractivity contribution in [1.82, 2.24) is 4.90 Å². The number of rotatable bonds is 0. The Morgan fingerprint density at radius 2 is 1.93 bits per heavy atom. The zero-order chi connectivity index (χ0) is 10.9. The van der Waals surface area contributed by atoms with Gasteiger partial charge in [0.1, 0.15) is 5.60 Å². The molecule has 0 N–H and O–H groups in total. The second kappa shape index (κ2) is 3.40. The first-order valence-electron chi connectivity index (χ1n) is 4.39. The quantitative estimate of drug-likeness (QED) is 0.539. The standard InChI is InChI=1S/C9H13NO4/c1-9(2,3)14-8(13)10-5-4-6(11)7(10)12/h4-5H2,1-3H3. The predicted octanol–water partition coefficient (Wildman–Crippen LogP) is 0.723. The summed E-state index contributed by atoms with van der Waals surface area (Å²) in [6.45, 7) is 5.24. The minimum absolute atomic E-state index is 0.0953. The fourth-order valence-electron chi connectivity index (χ4n) is 1.06. The monoisotopic (exact) mass is 199 g/mol. The fourth-order valence-corrected chi connectivity index (χ4v) is 1.06. The van der Waals surface area contributed by atoms with Gasteiger partial charge in [-0.3, -0.25) is 9.59 Å². The Kier molecular flexibility index (Phi) is 2.59. The molecule has 0 aromatic carbocycles. The molecule has 1 rings (SSSR count). The van der Waals surface area contributed by atoms with Crippen molar-refractivity contribution in [2.24, 2.45) is 0 Å². The lowest BCUT2D eigenvalue weighted by Crippen LogP contribution is -2.38. The average Bonchev–Trinajstić information content (AvgIpc) is 2.29. The zero-order valence-corrected chi connectivity index (χ0v) is 8.49. The molecule has 0 saturated carbocycles. The summed E-state index contributed by atoms with van der Waals surface area (Å²) in [6, 6.07) is 0. The van der Waals surface area contributed by atoms with Crippen LogP contribution in [0.25, 0.3) is 0 Å². The fraction of sp³-hybridized carbons (Fsp3) is 0.667. The largest absolute Gasteiger partial charge is 0.443 e. The molecule has 0 aliphatic carbocycles. The Balaban J connectivity index is 2.63. The molecular weight excluding hydrogens is 186 g/mol. The van der Waals surface area contributed by atoms with Gasteiger partial charge in [0.25, 0.3) is 5.91 Å². The van der Waals surface area contributed by atoms with Crippen LogP contribution in [0.4, 0.5) is 4.79 Å². The van der Waals surface area contributed by atoms with Crippen LogP contribution >= 0.6 is 0 Å². The van der Waals surface area contributed by atoms with Crippen molar-refractivity contribution in [3.05, 3.63) is 0 Å². The number of ketones is 1. The summed E-state index contributed by atoms with van der Waals surface area (Å²) in [7, 11) is 0. The van der Waals surface area contributed by atoms with Gasteiger partial charge in [-0.2, -0.15) is 0 Å². The summed E-state index contributed by atoms with van der Waals surface area (Å²) in [5.41, 5.74) is -0.650. The summed E-state index contributed by atoms with van der Waals surface area (Å²) in [5, 5.41) is 0. The Bertz CT molecular complexity index is 290.